The number of fused-ring (bicyclic) bond motifs is 1. The van der Waals surface area contributed by atoms with E-state index in [4.69, 9.17) is 4.98 Å². The zero-order chi connectivity index (χ0) is 14.1. The number of nitrogens with one attached hydrogen (secondary N) is 1. The molecule has 0 radical (unpaired) electrons. The molecular weight excluding hydrogens is 252 g/mol. The van der Waals surface area contributed by atoms with Gasteiger partial charge in [0.25, 0.3) is 0 Å². The van der Waals surface area contributed by atoms with Gasteiger partial charge in [-0.1, -0.05) is 0 Å². The summed E-state index contributed by atoms with van der Waals surface area (Å²) in [5, 5.41) is 12.1. The number of aryl methyl sites for hydroxylation is 2. The topological polar surface area (TPSA) is 69.0 Å². The van der Waals surface area contributed by atoms with Crippen LogP contribution in [-0.4, -0.2) is 30.5 Å². The molecule has 1 fully saturated rings. The molecule has 0 bridgehead atoms. The maximum Gasteiger partial charge on any atom is 0.242 e. The van der Waals surface area contributed by atoms with Crippen molar-refractivity contribution in [2.24, 2.45) is 0 Å². The number of aromatic nitrogens is 1. The van der Waals surface area contributed by atoms with Crippen molar-refractivity contribution < 1.29 is 4.79 Å². The Morgan fingerprint density at radius 1 is 1.50 bits per heavy atom. The number of nitriles is 1. The number of rotatable bonds is 2. The Morgan fingerprint density at radius 2 is 2.35 bits per heavy atom. The van der Waals surface area contributed by atoms with E-state index in [2.05, 4.69) is 11.4 Å². The second kappa shape index (κ2) is 5.12. The molecule has 1 aliphatic carbocycles. The molecule has 5 nitrogen and oxygen atoms in total. The van der Waals surface area contributed by atoms with Crippen LogP contribution in [0, 0.1) is 11.3 Å². The van der Waals surface area contributed by atoms with Crippen LogP contribution in [0.3, 0.4) is 0 Å². The number of hydrogen-bond acceptors (Lipinski definition) is 4. The van der Waals surface area contributed by atoms with Gasteiger partial charge in [-0.15, -0.1) is 0 Å². The highest BCUT2D eigenvalue weighted by molar-refractivity contribution is 5.85. The Morgan fingerprint density at radius 3 is 3.10 bits per heavy atom. The number of amides is 1. The van der Waals surface area contributed by atoms with Crippen molar-refractivity contribution in [3.05, 3.63) is 22.9 Å². The van der Waals surface area contributed by atoms with E-state index in [-0.39, 0.29) is 11.9 Å². The molecule has 2 heterocycles. The Bertz CT molecular complexity index is 590. The van der Waals surface area contributed by atoms with E-state index < -0.39 is 0 Å². The van der Waals surface area contributed by atoms with Gasteiger partial charge < -0.3 is 10.2 Å². The highest BCUT2D eigenvalue weighted by Crippen LogP contribution is 2.31. The average Bonchev–Trinajstić information content (AvgIpc) is 3.12. The Kier molecular flexibility index (Phi) is 3.31. The van der Waals surface area contributed by atoms with E-state index in [1.165, 1.54) is 5.56 Å². The van der Waals surface area contributed by atoms with Crippen LogP contribution >= 0.6 is 0 Å². The third-order valence-corrected chi connectivity index (χ3v) is 4.23. The number of likely N-dealkylation sites (N-methyl/N-ethyl adjacent to an activating group) is 1. The van der Waals surface area contributed by atoms with Crippen molar-refractivity contribution in [2.75, 3.05) is 18.5 Å². The van der Waals surface area contributed by atoms with Crippen molar-refractivity contribution in [1.29, 1.82) is 5.26 Å². The number of carbonyl (C=O) groups is 1. The highest BCUT2D eigenvalue weighted by atomic mass is 16.2. The second-order valence-corrected chi connectivity index (χ2v) is 5.40. The SMILES string of the molecule is CNC(=O)C1CCCN1c1nc2c(cc1C#N)CCC2. The van der Waals surface area contributed by atoms with Gasteiger partial charge in [-0.05, 0) is 43.7 Å². The summed E-state index contributed by atoms with van der Waals surface area (Å²) in [4.78, 5) is 18.7. The predicted octanol–water partition coefficient (Wildman–Crippen LogP) is 1.16. The zero-order valence-corrected chi connectivity index (χ0v) is 11.6. The van der Waals surface area contributed by atoms with Crippen molar-refractivity contribution in [3.8, 4) is 6.07 Å². The fraction of sp³-hybridized carbons (Fsp3) is 0.533. The van der Waals surface area contributed by atoms with Crippen LogP contribution in [0.2, 0.25) is 0 Å². The summed E-state index contributed by atoms with van der Waals surface area (Å²) in [6.07, 6.45) is 4.88. The summed E-state index contributed by atoms with van der Waals surface area (Å²) in [5.41, 5.74) is 2.89. The molecule has 1 amide bonds. The van der Waals surface area contributed by atoms with Crippen LogP contribution in [0.25, 0.3) is 0 Å². The zero-order valence-electron chi connectivity index (χ0n) is 11.6. The molecule has 3 rings (SSSR count). The van der Waals surface area contributed by atoms with Gasteiger partial charge >= 0.3 is 0 Å². The molecular formula is C15H18N4O. The smallest absolute Gasteiger partial charge is 0.242 e. The number of carbonyl (C=O) groups excluding carboxylic acids is 1. The molecule has 1 unspecified atom stereocenters. The summed E-state index contributed by atoms with van der Waals surface area (Å²) in [6.45, 7) is 0.790. The lowest BCUT2D eigenvalue weighted by atomic mass is 10.1. The molecule has 1 aromatic rings. The standard InChI is InChI=1S/C15H18N4O/c1-17-15(20)13-6-3-7-19(13)14-11(9-16)8-10-4-2-5-12(10)18-14/h8,13H,2-7H2,1H3,(H,17,20). The minimum atomic E-state index is -0.195. The van der Waals surface area contributed by atoms with Crippen LogP contribution in [0.4, 0.5) is 5.82 Å². The van der Waals surface area contributed by atoms with E-state index in [1.807, 2.05) is 11.0 Å². The van der Waals surface area contributed by atoms with E-state index in [0.29, 0.717) is 11.4 Å². The van der Waals surface area contributed by atoms with Crippen molar-refractivity contribution >= 4 is 11.7 Å². The number of anilines is 1. The molecule has 0 spiro atoms. The molecule has 1 saturated heterocycles. The lowest BCUT2D eigenvalue weighted by molar-refractivity contribution is -0.121. The minimum absolute atomic E-state index is 0.00804. The van der Waals surface area contributed by atoms with E-state index in [0.717, 1.165) is 44.3 Å². The van der Waals surface area contributed by atoms with Gasteiger partial charge in [-0.25, -0.2) is 4.98 Å². The van der Waals surface area contributed by atoms with Crippen molar-refractivity contribution in [2.45, 2.75) is 38.1 Å². The maximum atomic E-state index is 12.0. The molecule has 1 N–H and O–H groups in total. The summed E-state index contributed by atoms with van der Waals surface area (Å²) in [5.74, 6) is 0.702. The van der Waals surface area contributed by atoms with Crippen LogP contribution in [-0.2, 0) is 17.6 Å². The number of hydrogen-bond donors (Lipinski definition) is 1. The van der Waals surface area contributed by atoms with E-state index >= 15 is 0 Å². The minimum Gasteiger partial charge on any atom is -0.357 e. The van der Waals surface area contributed by atoms with Crippen molar-refractivity contribution in [3.63, 3.8) is 0 Å². The van der Waals surface area contributed by atoms with Crippen LogP contribution in [0.5, 0.6) is 0 Å². The molecule has 1 aromatic heterocycles. The summed E-state index contributed by atoms with van der Waals surface area (Å²) < 4.78 is 0. The fourth-order valence-electron chi connectivity index (χ4n) is 3.22. The lowest BCUT2D eigenvalue weighted by Crippen LogP contribution is -2.42. The van der Waals surface area contributed by atoms with Crippen molar-refractivity contribution in [1.82, 2.24) is 10.3 Å². The Labute approximate surface area is 118 Å². The molecule has 2 aliphatic rings. The van der Waals surface area contributed by atoms with Gasteiger partial charge in [-0.2, -0.15) is 5.26 Å². The van der Waals surface area contributed by atoms with Crippen LogP contribution in [0.1, 0.15) is 36.1 Å². The van der Waals surface area contributed by atoms with Gasteiger partial charge in [0.05, 0.1) is 5.56 Å². The fourth-order valence-corrected chi connectivity index (χ4v) is 3.22. The Hall–Kier alpha value is -2.09. The lowest BCUT2D eigenvalue weighted by Gasteiger charge is -2.25. The van der Waals surface area contributed by atoms with Gasteiger partial charge in [0.1, 0.15) is 17.9 Å². The normalized spacial score (nSPS) is 20.6. The van der Waals surface area contributed by atoms with Crippen LogP contribution < -0.4 is 10.2 Å². The van der Waals surface area contributed by atoms with Crippen LogP contribution in [0.15, 0.2) is 6.07 Å². The first kappa shape index (κ1) is 12.9. The predicted molar refractivity (Wildman–Crippen MR) is 75.4 cm³/mol. The monoisotopic (exact) mass is 270 g/mol. The second-order valence-electron chi connectivity index (χ2n) is 5.40. The molecule has 104 valence electrons. The highest BCUT2D eigenvalue weighted by Gasteiger charge is 2.33. The molecule has 20 heavy (non-hydrogen) atoms. The van der Waals surface area contributed by atoms with Gasteiger partial charge in [0, 0.05) is 19.3 Å². The quantitative estimate of drug-likeness (QED) is 0.875. The molecule has 1 aliphatic heterocycles. The average molecular weight is 270 g/mol. The first-order valence-electron chi connectivity index (χ1n) is 7.15. The maximum absolute atomic E-state index is 12.0. The number of pyridine rings is 1. The van der Waals surface area contributed by atoms with Gasteiger partial charge in [0.2, 0.25) is 5.91 Å². The molecule has 1 atom stereocenters. The summed E-state index contributed by atoms with van der Waals surface area (Å²) >= 11 is 0. The summed E-state index contributed by atoms with van der Waals surface area (Å²) in [7, 11) is 1.65. The van der Waals surface area contributed by atoms with Gasteiger partial charge in [-0.3, -0.25) is 4.79 Å². The molecule has 5 heteroatoms. The third kappa shape index (κ3) is 2.01. The van der Waals surface area contributed by atoms with E-state index in [1.54, 1.807) is 7.05 Å². The first-order valence-corrected chi connectivity index (χ1v) is 7.15. The Balaban J connectivity index is 2.01. The molecule has 0 saturated carbocycles. The first-order chi connectivity index (χ1) is 9.74. The number of nitrogens with zero attached hydrogens (tertiary/aromatic N) is 3. The molecule has 0 aromatic carbocycles. The summed E-state index contributed by atoms with van der Waals surface area (Å²) in [6, 6.07) is 4.01. The van der Waals surface area contributed by atoms with Gasteiger partial charge in [0.15, 0.2) is 0 Å². The largest absolute Gasteiger partial charge is 0.357 e. The third-order valence-electron chi connectivity index (χ3n) is 4.23. The van der Waals surface area contributed by atoms with E-state index in [9.17, 15) is 10.1 Å².